The highest BCUT2D eigenvalue weighted by Gasteiger charge is 2.17. The molecule has 3 rings (SSSR count). The Bertz CT molecular complexity index is 587. The number of hydrogen-bond donors (Lipinski definition) is 1. The summed E-state index contributed by atoms with van der Waals surface area (Å²) in [5.74, 6) is 1.02. The molecule has 0 amide bonds. The molecular formula is C16H17ClN2O. The number of hydrogen-bond acceptors (Lipinski definition) is 3. The van der Waals surface area contributed by atoms with Crippen molar-refractivity contribution in [1.29, 1.82) is 0 Å². The lowest BCUT2D eigenvalue weighted by Crippen LogP contribution is -2.17. The Morgan fingerprint density at radius 2 is 2.10 bits per heavy atom. The number of nitrogens with zero attached hydrogens (tertiary/aromatic N) is 1. The molecule has 1 aliphatic heterocycles. The quantitative estimate of drug-likeness (QED) is 0.859. The maximum Gasteiger partial charge on any atom is 0.127 e. The fourth-order valence-corrected chi connectivity index (χ4v) is 2.75. The van der Waals surface area contributed by atoms with Crippen molar-refractivity contribution < 1.29 is 4.74 Å². The van der Waals surface area contributed by atoms with Gasteiger partial charge in [-0.1, -0.05) is 11.6 Å². The van der Waals surface area contributed by atoms with Crippen LogP contribution in [0, 0.1) is 0 Å². The third kappa shape index (κ3) is 3.11. The van der Waals surface area contributed by atoms with Crippen LogP contribution in [0.5, 0.6) is 5.75 Å². The molecule has 3 nitrogen and oxygen atoms in total. The molecule has 4 heteroatoms. The van der Waals surface area contributed by atoms with Gasteiger partial charge in [-0.25, -0.2) is 0 Å². The second kappa shape index (κ2) is 6.25. The Labute approximate surface area is 123 Å². The van der Waals surface area contributed by atoms with Crippen LogP contribution >= 0.6 is 11.6 Å². The molecule has 2 heterocycles. The van der Waals surface area contributed by atoms with Gasteiger partial charge in [0.2, 0.25) is 0 Å². The molecule has 20 heavy (non-hydrogen) atoms. The van der Waals surface area contributed by atoms with Crippen LogP contribution in [0.3, 0.4) is 0 Å². The zero-order valence-corrected chi connectivity index (χ0v) is 12.0. The van der Waals surface area contributed by atoms with Crippen molar-refractivity contribution in [2.45, 2.75) is 19.4 Å². The van der Waals surface area contributed by atoms with Gasteiger partial charge in [0.15, 0.2) is 0 Å². The topological polar surface area (TPSA) is 34.2 Å². The van der Waals surface area contributed by atoms with E-state index in [1.54, 1.807) is 0 Å². The summed E-state index contributed by atoms with van der Waals surface area (Å²) < 4.78 is 5.69. The van der Waals surface area contributed by atoms with Gasteiger partial charge >= 0.3 is 0 Å². The molecule has 1 aliphatic rings. The maximum absolute atomic E-state index is 6.15. The second-order valence-electron chi connectivity index (χ2n) is 4.93. The minimum Gasteiger partial charge on any atom is -0.493 e. The van der Waals surface area contributed by atoms with Crippen LogP contribution in [0.15, 0.2) is 36.7 Å². The third-order valence-electron chi connectivity index (χ3n) is 3.48. The lowest BCUT2D eigenvalue weighted by atomic mass is 10.1. The highest BCUT2D eigenvalue weighted by Crippen LogP contribution is 2.32. The van der Waals surface area contributed by atoms with Crippen molar-refractivity contribution in [3.63, 3.8) is 0 Å². The van der Waals surface area contributed by atoms with Gasteiger partial charge in [-0.2, -0.15) is 0 Å². The molecule has 1 aromatic heterocycles. The number of nitrogens with one attached hydrogen (secondary N) is 1. The van der Waals surface area contributed by atoms with E-state index in [-0.39, 0.29) is 0 Å². The Kier molecular flexibility index (Phi) is 4.19. The third-order valence-corrected chi connectivity index (χ3v) is 3.70. The molecule has 1 N–H and O–H groups in total. The number of rotatable bonds is 5. The normalized spacial score (nSPS) is 13.1. The van der Waals surface area contributed by atoms with E-state index in [0.717, 1.165) is 48.9 Å². The first kappa shape index (κ1) is 13.4. The predicted molar refractivity (Wildman–Crippen MR) is 80.3 cm³/mol. The van der Waals surface area contributed by atoms with Crippen LogP contribution in [0.1, 0.15) is 16.7 Å². The van der Waals surface area contributed by atoms with Crippen molar-refractivity contribution in [1.82, 2.24) is 10.3 Å². The average Bonchev–Trinajstić information content (AvgIpc) is 2.92. The summed E-state index contributed by atoms with van der Waals surface area (Å²) in [5.41, 5.74) is 3.67. The minimum atomic E-state index is 0.764. The fraction of sp³-hybridized carbons (Fsp3) is 0.312. The molecular weight excluding hydrogens is 272 g/mol. The van der Waals surface area contributed by atoms with E-state index in [4.69, 9.17) is 16.3 Å². The van der Waals surface area contributed by atoms with Crippen LogP contribution in [-0.4, -0.2) is 18.1 Å². The number of halogens is 1. The molecule has 0 aliphatic carbocycles. The smallest absolute Gasteiger partial charge is 0.127 e. The number of fused-ring (bicyclic) bond motifs is 1. The summed E-state index contributed by atoms with van der Waals surface area (Å²) in [6.45, 7) is 2.47. The Hall–Kier alpha value is -1.58. The first-order valence-corrected chi connectivity index (χ1v) is 7.24. The second-order valence-corrected chi connectivity index (χ2v) is 5.37. The van der Waals surface area contributed by atoms with Crippen LogP contribution < -0.4 is 10.1 Å². The van der Waals surface area contributed by atoms with Crippen LogP contribution in [-0.2, 0) is 19.4 Å². The summed E-state index contributed by atoms with van der Waals surface area (Å²) in [7, 11) is 0. The van der Waals surface area contributed by atoms with Gasteiger partial charge in [-0.3, -0.25) is 4.98 Å². The van der Waals surface area contributed by atoms with Gasteiger partial charge in [0.05, 0.1) is 6.61 Å². The SMILES string of the molecule is Clc1cc2c(c(CNCCc3ccncc3)c1)OCC2. The van der Waals surface area contributed by atoms with E-state index >= 15 is 0 Å². The first-order valence-electron chi connectivity index (χ1n) is 6.86. The monoisotopic (exact) mass is 288 g/mol. The zero-order chi connectivity index (χ0) is 13.8. The van der Waals surface area contributed by atoms with Crippen LogP contribution in [0.4, 0.5) is 0 Å². The summed E-state index contributed by atoms with van der Waals surface area (Å²) in [4.78, 5) is 4.02. The summed E-state index contributed by atoms with van der Waals surface area (Å²) in [6, 6.07) is 8.08. The van der Waals surface area contributed by atoms with E-state index in [9.17, 15) is 0 Å². The molecule has 2 aromatic rings. The number of aromatic nitrogens is 1. The Balaban J connectivity index is 1.57. The van der Waals surface area contributed by atoms with Crippen molar-refractivity contribution in [2.75, 3.05) is 13.2 Å². The van der Waals surface area contributed by atoms with E-state index in [2.05, 4.69) is 10.3 Å². The van der Waals surface area contributed by atoms with Gasteiger partial charge in [0, 0.05) is 35.9 Å². The molecule has 0 radical (unpaired) electrons. The van der Waals surface area contributed by atoms with Crippen LogP contribution in [0.2, 0.25) is 5.02 Å². The molecule has 0 saturated heterocycles. The number of pyridine rings is 1. The zero-order valence-electron chi connectivity index (χ0n) is 11.2. The van der Waals surface area contributed by atoms with E-state index in [1.165, 1.54) is 11.1 Å². The molecule has 0 bridgehead atoms. The highest BCUT2D eigenvalue weighted by atomic mass is 35.5. The summed E-state index contributed by atoms with van der Waals surface area (Å²) >= 11 is 6.15. The van der Waals surface area contributed by atoms with E-state index < -0.39 is 0 Å². The number of ether oxygens (including phenoxy) is 1. The van der Waals surface area contributed by atoms with Crippen molar-refractivity contribution >= 4 is 11.6 Å². The van der Waals surface area contributed by atoms with Crippen molar-refractivity contribution in [3.05, 3.63) is 58.4 Å². The largest absolute Gasteiger partial charge is 0.493 e. The average molecular weight is 289 g/mol. The van der Waals surface area contributed by atoms with Gasteiger partial charge in [0.1, 0.15) is 5.75 Å². The van der Waals surface area contributed by atoms with Gasteiger partial charge in [-0.05, 0) is 48.4 Å². The Morgan fingerprint density at radius 1 is 1.25 bits per heavy atom. The molecule has 1 aromatic carbocycles. The van der Waals surface area contributed by atoms with Crippen LogP contribution in [0.25, 0.3) is 0 Å². The van der Waals surface area contributed by atoms with E-state index in [1.807, 2.05) is 36.7 Å². The summed E-state index contributed by atoms with van der Waals surface area (Å²) in [6.07, 6.45) is 5.60. The molecule has 0 atom stereocenters. The lowest BCUT2D eigenvalue weighted by molar-refractivity contribution is 0.352. The van der Waals surface area contributed by atoms with Gasteiger partial charge in [0.25, 0.3) is 0 Å². The molecule has 0 unspecified atom stereocenters. The molecule has 104 valence electrons. The molecule has 0 saturated carbocycles. The molecule has 0 fully saturated rings. The van der Waals surface area contributed by atoms with Gasteiger partial charge in [-0.15, -0.1) is 0 Å². The maximum atomic E-state index is 6.15. The van der Waals surface area contributed by atoms with Crippen molar-refractivity contribution in [3.8, 4) is 5.75 Å². The minimum absolute atomic E-state index is 0.764. The van der Waals surface area contributed by atoms with Crippen molar-refractivity contribution in [2.24, 2.45) is 0 Å². The lowest BCUT2D eigenvalue weighted by Gasteiger charge is -2.10. The van der Waals surface area contributed by atoms with E-state index in [0.29, 0.717) is 0 Å². The highest BCUT2D eigenvalue weighted by molar-refractivity contribution is 6.30. The standard InChI is InChI=1S/C16H17ClN2O/c17-15-9-13-4-8-20-16(13)14(10-15)11-19-7-3-12-1-5-18-6-2-12/h1-2,5-6,9-10,19H,3-4,7-8,11H2. The fourth-order valence-electron chi connectivity index (χ4n) is 2.48. The van der Waals surface area contributed by atoms with Gasteiger partial charge < -0.3 is 10.1 Å². The Morgan fingerprint density at radius 3 is 2.95 bits per heavy atom. The predicted octanol–water partition coefficient (Wildman–Crippen LogP) is 3.00. The number of benzene rings is 1. The first-order chi connectivity index (χ1) is 9.83. The summed E-state index contributed by atoms with van der Waals surface area (Å²) in [5, 5.41) is 4.24. The molecule has 0 spiro atoms.